The van der Waals surface area contributed by atoms with Crippen LogP contribution in [0.1, 0.15) is 38.3 Å². The van der Waals surface area contributed by atoms with Crippen molar-refractivity contribution in [2.45, 2.75) is 32.7 Å². The molecule has 1 aromatic carbocycles. The van der Waals surface area contributed by atoms with Crippen LogP contribution in [0.25, 0.3) is 0 Å². The van der Waals surface area contributed by atoms with Gasteiger partial charge in [0.25, 0.3) is 0 Å². The fraction of sp³-hybridized carbons (Fsp3) is 0.625. The second-order valence-electron chi connectivity index (χ2n) is 6.17. The van der Waals surface area contributed by atoms with E-state index in [0.717, 1.165) is 39.0 Å². The lowest BCUT2D eigenvalue weighted by molar-refractivity contribution is 0.154. The Morgan fingerprint density at radius 1 is 1.00 bits per heavy atom. The van der Waals surface area contributed by atoms with Crippen molar-refractivity contribution >= 4 is 24.8 Å². The molecule has 1 aromatic rings. The van der Waals surface area contributed by atoms with E-state index < -0.39 is 0 Å². The van der Waals surface area contributed by atoms with E-state index in [-0.39, 0.29) is 48.1 Å². The molecule has 0 aromatic heterocycles. The average Bonchev–Trinajstić information content (AvgIpc) is 2.42. The third kappa shape index (κ3) is 5.92. The topological polar surface area (TPSA) is 76.0 Å². The van der Waals surface area contributed by atoms with Gasteiger partial charge in [0.1, 0.15) is 17.2 Å². The fourth-order valence-corrected chi connectivity index (χ4v) is 2.94. The highest BCUT2D eigenvalue weighted by atomic mass is 35.5. The van der Waals surface area contributed by atoms with Crippen LogP contribution < -0.4 is 5.32 Å². The van der Waals surface area contributed by atoms with Gasteiger partial charge in [-0.05, 0) is 18.8 Å². The summed E-state index contributed by atoms with van der Waals surface area (Å²) in [5.41, 5.74) is 0.537. The summed E-state index contributed by atoms with van der Waals surface area (Å²) in [5, 5.41) is 33.2. The Labute approximate surface area is 150 Å². The number of phenolic OH excluding ortho intramolecular Hbond substituents is 3. The van der Waals surface area contributed by atoms with E-state index in [9.17, 15) is 15.3 Å². The molecule has 7 heteroatoms. The Morgan fingerprint density at radius 3 is 2.00 bits per heavy atom. The Bertz CT molecular complexity index is 457. The van der Waals surface area contributed by atoms with E-state index in [0.29, 0.717) is 11.5 Å². The zero-order valence-electron chi connectivity index (χ0n) is 13.7. The molecule has 0 unspecified atom stereocenters. The molecule has 0 saturated carbocycles. The van der Waals surface area contributed by atoms with Crippen molar-refractivity contribution in [3.05, 3.63) is 17.7 Å². The van der Waals surface area contributed by atoms with Crippen LogP contribution >= 0.6 is 24.8 Å². The first-order valence-corrected chi connectivity index (χ1v) is 7.68. The molecule has 134 valence electrons. The molecule has 1 aliphatic rings. The number of nitrogens with one attached hydrogen (secondary N) is 1. The predicted molar refractivity (Wildman–Crippen MR) is 97.2 cm³/mol. The lowest BCUT2D eigenvalue weighted by atomic mass is 9.94. The lowest BCUT2D eigenvalue weighted by Gasteiger charge is -2.36. The Balaban J connectivity index is 0.00000242. The number of benzene rings is 1. The van der Waals surface area contributed by atoms with E-state index in [2.05, 4.69) is 24.1 Å². The number of halogens is 2. The quantitative estimate of drug-likeness (QED) is 0.644. The third-order valence-corrected chi connectivity index (χ3v) is 4.06. The van der Waals surface area contributed by atoms with E-state index in [1.165, 1.54) is 12.1 Å². The summed E-state index contributed by atoms with van der Waals surface area (Å²) in [4.78, 5) is 2.30. The van der Waals surface area contributed by atoms with Gasteiger partial charge in [0.05, 0.1) is 5.56 Å². The van der Waals surface area contributed by atoms with Crippen molar-refractivity contribution in [3.8, 4) is 17.2 Å². The molecule has 1 heterocycles. The minimum Gasteiger partial charge on any atom is -0.508 e. The maximum Gasteiger partial charge on any atom is 0.127 e. The van der Waals surface area contributed by atoms with Crippen molar-refractivity contribution < 1.29 is 15.3 Å². The fourth-order valence-electron chi connectivity index (χ4n) is 2.94. The van der Waals surface area contributed by atoms with Crippen LogP contribution in [0, 0.1) is 5.92 Å². The van der Waals surface area contributed by atoms with Crippen LogP contribution in [-0.2, 0) is 0 Å². The maximum absolute atomic E-state index is 10.2. The summed E-state index contributed by atoms with van der Waals surface area (Å²) < 4.78 is 0. The standard InChI is InChI=1S/C16H26N2O3.2ClH/c1-11(2)3-4-13(18-7-5-17-6-8-18)16-14(20)9-12(19)10-15(16)21;;/h9-11,13,17,19-21H,3-8H2,1-2H3;2*1H/t13-;;/m1../s1. The van der Waals surface area contributed by atoms with Gasteiger partial charge >= 0.3 is 0 Å². The van der Waals surface area contributed by atoms with Crippen LogP contribution in [0.4, 0.5) is 0 Å². The first-order valence-electron chi connectivity index (χ1n) is 7.68. The first-order chi connectivity index (χ1) is 9.99. The summed E-state index contributed by atoms with van der Waals surface area (Å²) in [6.45, 7) is 7.96. The molecule has 4 N–H and O–H groups in total. The molecule has 1 fully saturated rings. The van der Waals surface area contributed by atoms with Crippen LogP contribution in [0.15, 0.2) is 12.1 Å². The number of aromatic hydroxyl groups is 3. The summed E-state index contributed by atoms with van der Waals surface area (Å²) in [5.74, 6) is 0.396. The highest BCUT2D eigenvalue weighted by Crippen LogP contribution is 2.41. The van der Waals surface area contributed by atoms with Gasteiger partial charge in [0.2, 0.25) is 0 Å². The van der Waals surface area contributed by atoms with E-state index in [4.69, 9.17) is 0 Å². The smallest absolute Gasteiger partial charge is 0.127 e. The Kier molecular flexibility index (Phi) is 9.70. The van der Waals surface area contributed by atoms with Crippen LogP contribution in [0.3, 0.4) is 0 Å². The van der Waals surface area contributed by atoms with E-state index >= 15 is 0 Å². The van der Waals surface area contributed by atoms with Crippen LogP contribution in [0.5, 0.6) is 17.2 Å². The largest absolute Gasteiger partial charge is 0.508 e. The molecular weight excluding hydrogens is 339 g/mol. The van der Waals surface area contributed by atoms with Crippen LogP contribution in [-0.4, -0.2) is 46.4 Å². The van der Waals surface area contributed by atoms with Gasteiger partial charge in [-0.1, -0.05) is 13.8 Å². The number of hydrogen-bond donors (Lipinski definition) is 4. The molecule has 5 nitrogen and oxygen atoms in total. The Morgan fingerprint density at radius 2 is 1.52 bits per heavy atom. The molecule has 0 amide bonds. The molecular formula is C16H28Cl2N2O3. The van der Waals surface area contributed by atoms with Crippen molar-refractivity contribution in [3.63, 3.8) is 0 Å². The molecule has 2 rings (SSSR count). The molecule has 23 heavy (non-hydrogen) atoms. The second kappa shape index (κ2) is 10.1. The SMILES string of the molecule is CC(C)CC[C@H](c1c(O)cc(O)cc1O)N1CCNCC1.Cl.Cl. The molecule has 1 saturated heterocycles. The third-order valence-electron chi connectivity index (χ3n) is 4.06. The summed E-state index contributed by atoms with van der Waals surface area (Å²) in [6, 6.07) is 2.59. The van der Waals surface area contributed by atoms with Gasteiger partial charge in [-0.25, -0.2) is 0 Å². The molecule has 0 spiro atoms. The van der Waals surface area contributed by atoms with E-state index in [1.54, 1.807) is 0 Å². The van der Waals surface area contributed by atoms with Crippen molar-refractivity contribution in [1.82, 2.24) is 10.2 Å². The summed E-state index contributed by atoms with van der Waals surface area (Å²) in [6.07, 6.45) is 1.90. The normalized spacial score (nSPS) is 16.5. The predicted octanol–water partition coefficient (Wildman–Crippen LogP) is 3.03. The van der Waals surface area contributed by atoms with Crippen molar-refractivity contribution in [2.75, 3.05) is 26.2 Å². The summed E-state index contributed by atoms with van der Waals surface area (Å²) in [7, 11) is 0. The number of piperazine rings is 1. The van der Waals surface area contributed by atoms with Gasteiger partial charge < -0.3 is 20.6 Å². The van der Waals surface area contributed by atoms with E-state index in [1.807, 2.05) is 0 Å². The number of nitrogens with zero attached hydrogens (tertiary/aromatic N) is 1. The van der Waals surface area contributed by atoms with Gasteiger partial charge in [0, 0.05) is 44.4 Å². The zero-order valence-corrected chi connectivity index (χ0v) is 15.3. The highest BCUT2D eigenvalue weighted by Gasteiger charge is 2.27. The van der Waals surface area contributed by atoms with Gasteiger partial charge in [-0.2, -0.15) is 0 Å². The first kappa shape index (κ1) is 22.1. The maximum atomic E-state index is 10.2. The Hall–Kier alpha value is -0.880. The number of rotatable bonds is 5. The highest BCUT2D eigenvalue weighted by molar-refractivity contribution is 5.85. The molecule has 0 bridgehead atoms. The lowest BCUT2D eigenvalue weighted by Crippen LogP contribution is -2.45. The number of hydrogen-bond acceptors (Lipinski definition) is 5. The monoisotopic (exact) mass is 366 g/mol. The van der Waals surface area contributed by atoms with Crippen LogP contribution in [0.2, 0.25) is 0 Å². The zero-order chi connectivity index (χ0) is 15.4. The molecule has 0 aliphatic carbocycles. The minimum absolute atomic E-state index is 0. The summed E-state index contributed by atoms with van der Waals surface area (Å²) >= 11 is 0. The molecule has 1 atom stereocenters. The molecule has 0 radical (unpaired) electrons. The molecule has 1 aliphatic heterocycles. The number of phenols is 3. The van der Waals surface area contributed by atoms with Crippen molar-refractivity contribution in [2.24, 2.45) is 5.92 Å². The second-order valence-corrected chi connectivity index (χ2v) is 6.17. The van der Waals surface area contributed by atoms with Gasteiger partial charge in [-0.15, -0.1) is 24.8 Å². The average molecular weight is 367 g/mol. The van der Waals surface area contributed by atoms with Gasteiger partial charge in [0.15, 0.2) is 0 Å². The van der Waals surface area contributed by atoms with Crippen molar-refractivity contribution in [1.29, 1.82) is 0 Å². The van der Waals surface area contributed by atoms with Gasteiger partial charge in [-0.3, -0.25) is 4.90 Å². The minimum atomic E-state index is -0.114.